The Hall–Kier alpha value is -0.280. The third-order valence-electron chi connectivity index (χ3n) is 2.31. The van der Waals surface area contributed by atoms with E-state index in [1.165, 1.54) is 6.92 Å². The lowest BCUT2D eigenvalue weighted by molar-refractivity contribution is -0.112. The summed E-state index contributed by atoms with van der Waals surface area (Å²) in [6.07, 6.45) is 4.43. The second-order valence-electron chi connectivity index (χ2n) is 3.95. The van der Waals surface area contributed by atoms with Crippen LogP contribution in [0, 0.1) is 0 Å². The van der Waals surface area contributed by atoms with Crippen molar-refractivity contribution >= 4 is 17.5 Å². The number of thioether (sulfide) groups is 1. The lowest BCUT2D eigenvalue weighted by Gasteiger charge is -2.24. The van der Waals surface area contributed by atoms with Crippen LogP contribution in [0.4, 0.5) is 0 Å². The third-order valence-corrected chi connectivity index (χ3v) is 3.67. The molecule has 0 rings (SSSR count). The number of unbranched alkanes of at least 4 members (excludes halogenated alkanes) is 1. The van der Waals surface area contributed by atoms with E-state index in [-0.39, 0.29) is 5.78 Å². The van der Waals surface area contributed by atoms with Crippen molar-refractivity contribution in [3.63, 3.8) is 0 Å². The molecule has 0 fully saturated rings. The summed E-state index contributed by atoms with van der Waals surface area (Å²) in [7, 11) is 0. The molecule has 0 aromatic heterocycles. The lowest BCUT2D eigenvalue weighted by atomic mass is 10.0. The van der Waals surface area contributed by atoms with Crippen LogP contribution in [0.2, 0.25) is 0 Å². The zero-order valence-corrected chi connectivity index (χ0v) is 11.0. The normalized spacial score (nSPS) is 16.2. The Morgan fingerprint density at radius 3 is 2.47 bits per heavy atom. The number of hydrogen-bond acceptors (Lipinski definition) is 3. The number of aliphatic hydroxyl groups is 1. The molecular formula is C12H22O2S. The van der Waals surface area contributed by atoms with E-state index in [2.05, 4.69) is 6.92 Å². The summed E-state index contributed by atoms with van der Waals surface area (Å²) < 4.78 is 0. The van der Waals surface area contributed by atoms with Crippen molar-refractivity contribution in [2.45, 2.75) is 52.6 Å². The molecule has 1 unspecified atom stereocenters. The van der Waals surface area contributed by atoms with E-state index in [9.17, 15) is 9.90 Å². The van der Waals surface area contributed by atoms with Gasteiger partial charge in [-0.1, -0.05) is 20.3 Å². The van der Waals surface area contributed by atoms with Gasteiger partial charge in [0.25, 0.3) is 0 Å². The molecule has 1 atom stereocenters. The van der Waals surface area contributed by atoms with Crippen LogP contribution in [0.1, 0.15) is 47.0 Å². The summed E-state index contributed by atoms with van der Waals surface area (Å²) in [6, 6.07) is 0. The molecule has 0 bridgehead atoms. The minimum atomic E-state index is -0.857. The van der Waals surface area contributed by atoms with Crippen molar-refractivity contribution in [2.24, 2.45) is 0 Å². The fraction of sp³-hybridized carbons (Fsp3) is 0.750. The highest BCUT2D eigenvalue weighted by Crippen LogP contribution is 2.31. The average molecular weight is 230 g/mol. The van der Waals surface area contributed by atoms with Crippen LogP contribution in [0.15, 0.2) is 11.0 Å². The van der Waals surface area contributed by atoms with Gasteiger partial charge in [0, 0.05) is 4.91 Å². The number of ketones is 1. The van der Waals surface area contributed by atoms with Gasteiger partial charge in [0.2, 0.25) is 0 Å². The molecule has 15 heavy (non-hydrogen) atoms. The van der Waals surface area contributed by atoms with E-state index in [0.29, 0.717) is 6.42 Å². The standard InChI is InChI=1S/C12H22O2S/c1-5-7-8-15-11(9-10(3)13)12(4,14)6-2/h9,14H,5-8H2,1-4H3. The molecule has 0 aliphatic rings. The van der Waals surface area contributed by atoms with Crippen LogP contribution in [0.3, 0.4) is 0 Å². The largest absolute Gasteiger partial charge is 0.385 e. The molecule has 0 amide bonds. The van der Waals surface area contributed by atoms with Crippen molar-refractivity contribution in [2.75, 3.05) is 5.75 Å². The van der Waals surface area contributed by atoms with Crippen molar-refractivity contribution in [3.05, 3.63) is 11.0 Å². The summed E-state index contributed by atoms with van der Waals surface area (Å²) >= 11 is 1.60. The summed E-state index contributed by atoms with van der Waals surface area (Å²) in [5, 5.41) is 10.1. The highest BCUT2D eigenvalue weighted by Gasteiger charge is 2.24. The zero-order valence-electron chi connectivity index (χ0n) is 10.2. The van der Waals surface area contributed by atoms with Gasteiger partial charge in [-0.25, -0.2) is 0 Å². The van der Waals surface area contributed by atoms with Gasteiger partial charge >= 0.3 is 0 Å². The fourth-order valence-corrected chi connectivity index (χ4v) is 2.40. The Labute approximate surface area is 97.1 Å². The first-order valence-electron chi connectivity index (χ1n) is 5.52. The average Bonchev–Trinajstić information content (AvgIpc) is 2.16. The SMILES string of the molecule is CCCCSC(=CC(C)=O)C(C)(O)CC. The first kappa shape index (κ1) is 14.7. The summed E-state index contributed by atoms with van der Waals surface area (Å²) in [6.45, 7) is 7.34. The lowest BCUT2D eigenvalue weighted by Crippen LogP contribution is -2.25. The molecule has 0 radical (unpaired) electrons. The van der Waals surface area contributed by atoms with Crippen molar-refractivity contribution in [1.82, 2.24) is 0 Å². The van der Waals surface area contributed by atoms with E-state index in [1.807, 2.05) is 6.92 Å². The number of allylic oxidation sites excluding steroid dienone is 1. The van der Waals surface area contributed by atoms with Gasteiger partial charge in [-0.3, -0.25) is 4.79 Å². The maximum Gasteiger partial charge on any atom is 0.153 e. The summed E-state index contributed by atoms with van der Waals surface area (Å²) in [5.41, 5.74) is -0.857. The number of carbonyl (C=O) groups is 1. The monoisotopic (exact) mass is 230 g/mol. The van der Waals surface area contributed by atoms with Gasteiger partial charge < -0.3 is 5.11 Å². The first-order valence-corrected chi connectivity index (χ1v) is 6.50. The second-order valence-corrected chi connectivity index (χ2v) is 5.09. The molecule has 3 heteroatoms. The molecule has 0 aliphatic heterocycles. The van der Waals surface area contributed by atoms with E-state index in [0.717, 1.165) is 23.5 Å². The predicted molar refractivity (Wildman–Crippen MR) is 67.0 cm³/mol. The Morgan fingerprint density at radius 2 is 2.07 bits per heavy atom. The van der Waals surface area contributed by atoms with Gasteiger partial charge in [0.05, 0.1) is 5.60 Å². The number of carbonyl (C=O) groups excluding carboxylic acids is 1. The van der Waals surface area contributed by atoms with Crippen LogP contribution in [-0.2, 0) is 4.79 Å². The van der Waals surface area contributed by atoms with E-state index in [4.69, 9.17) is 0 Å². The first-order chi connectivity index (χ1) is 6.94. The molecule has 0 aromatic carbocycles. The van der Waals surface area contributed by atoms with Crippen LogP contribution in [0.5, 0.6) is 0 Å². The van der Waals surface area contributed by atoms with Crippen LogP contribution >= 0.6 is 11.8 Å². The van der Waals surface area contributed by atoms with Crippen molar-refractivity contribution in [3.8, 4) is 0 Å². The fourth-order valence-electron chi connectivity index (χ4n) is 1.04. The molecule has 2 nitrogen and oxygen atoms in total. The third kappa shape index (κ3) is 6.00. The topological polar surface area (TPSA) is 37.3 Å². The quantitative estimate of drug-likeness (QED) is 0.539. The highest BCUT2D eigenvalue weighted by molar-refractivity contribution is 8.03. The maximum absolute atomic E-state index is 11.0. The molecular weight excluding hydrogens is 208 g/mol. The van der Waals surface area contributed by atoms with Gasteiger partial charge in [-0.2, -0.15) is 0 Å². The van der Waals surface area contributed by atoms with E-state index < -0.39 is 5.60 Å². The highest BCUT2D eigenvalue weighted by atomic mass is 32.2. The Balaban J connectivity index is 4.52. The molecule has 0 aromatic rings. The molecule has 0 saturated carbocycles. The van der Waals surface area contributed by atoms with E-state index >= 15 is 0 Å². The van der Waals surface area contributed by atoms with Gasteiger partial charge in [-0.05, 0) is 38.5 Å². The smallest absolute Gasteiger partial charge is 0.153 e. The molecule has 0 spiro atoms. The summed E-state index contributed by atoms with van der Waals surface area (Å²) in [5.74, 6) is 0.967. The van der Waals surface area contributed by atoms with Gasteiger partial charge in [0.1, 0.15) is 0 Å². The van der Waals surface area contributed by atoms with Crippen molar-refractivity contribution in [1.29, 1.82) is 0 Å². The van der Waals surface area contributed by atoms with Crippen molar-refractivity contribution < 1.29 is 9.90 Å². The summed E-state index contributed by atoms with van der Waals surface area (Å²) in [4.78, 5) is 11.8. The van der Waals surface area contributed by atoms with Crippen LogP contribution in [-0.4, -0.2) is 22.2 Å². The van der Waals surface area contributed by atoms with Gasteiger partial charge in [0.15, 0.2) is 5.78 Å². The Kier molecular flexibility index (Phi) is 6.94. The molecule has 0 heterocycles. The van der Waals surface area contributed by atoms with Gasteiger partial charge in [-0.15, -0.1) is 11.8 Å². The minimum absolute atomic E-state index is 0.00252. The van der Waals surface area contributed by atoms with E-state index in [1.54, 1.807) is 24.8 Å². The maximum atomic E-state index is 11.0. The van der Waals surface area contributed by atoms with Crippen LogP contribution in [0.25, 0.3) is 0 Å². The molecule has 1 N–H and O–H groups in total. The number of rotatable bonds is 7. The molecule has 0 aliphatic carbocycles. The predicted octanol–water partition coefficient (Wildman–Crippen LogP) is 3.15. The Bertz CT molecular complexity index is 232. The second kappa shape index (κ2) is 7.07. The molecule has 0 saturated heterocycles. The van der Waals surface area contributed by atoms with Crippen LogP contribution < -0.4 is 0 Å². The minimum Gasteiger partial charge on any atom is -0.385 e. The molecule has 88 valence electrons. The zero-order chi connectivity index (χ0) is 11.9. The number of hydrogen-bond donors (Lipinski definition) is 1. The Morgan fingerprint density at radius 1 is 1.47 bits per heavy atom.